The zero-order valence-electron chi connectivity index (χ0n) is 11.1. The molecule has 2 fully saturated rings. The summed E-state index contributed by atoms with van der Waals surface area (Å²) < 4.78 is 0. The molecule has 0 spiro atoms. The van der Waals surface area contributed by atoms with Crippen LogP contribution in [0.2, 0.25) is 0 Å². The summed E-state index contributed by atoms with van der Waals surface area (Å²) in [6.07, 6.45) is 1.48. The van der Waals surface area contributed by atoms with Crippen LogP contribution in [0.25, 0.3) is 0 Å². The van der Waals surface area contributed by atoms with Crippen molar-refractivity contribution in [3.63, 3.8) is 0 Å². The standard InChI is InChI=1S/C13H22N2O3/c1-9-6-15(7-10(9)2)13(18)14-5-3-4-11(8-14)12(16)17/h9-11H,3-8H2,1-2H3,(H,16,17)/t9?,10?,11-/m0/s1. The van der Waals surface area contributed by atoms with Crippen molar-refractivity contribution in [3.8, 4) is 0 Å². The largest absolute Gasteiger partial charge is 0.481 e. The summed E-state index contributed by atoms with van der Waals surface area (Å²) in [4.78, 5) is 26.9. The summed E-state index contributed by atoms with van der Waals surface area (Å²) in [5.41, 5.74) is 0. The van der Waals surface area contributed by atoms with Crippen molar-refractivity contribution < 1.29 is 14.7 Å². The second-order valence-corrected chi connectivity index (χ2v) is 5.77. The van der Waals surface area contributed by atoms with Gasteiger partial charge in [0.1, 0.15) is 0 Å². The van der Waals surface area contributed by atoms with Gasteiger partial charge < -0.3 is 14.9 Å². The van der Waals surface area contributed by atoms with E-state index in [0.717, 1.165) is 19.5 Å². The van der Waals surface area contributed by atoms with Crippen LogP contribution in [0.3, 0.4) is 0 Å². The van der Waals surface area contributed by atoms with Gasteiger partial charge in [-0.15, -0.1) is 0 Å². The first kappa shape index (κ1) is 13.2. The van der Waals surface area contributed by atoms with Crippen LogP contribution < -0.4 is 0 Å². The number of rotatable bonds is 1. The fourth-order valence-corrected chi connectivity index (χ4v) is 2.84. The predicted octanol–water partition coefficient (Wildman–Crippen LogP) is 1.49. The maximum Gasteiger partial charge on any atom is 0.320 e. The highest BCUT2D eigenvalue weighted by molar-refractivity contribution is 5.77. The first-order valence-corrected chi connectivity index (χ1v) is 6.75. The van der Waals surface area contributed by atoms with Crippen molar-refractivity contribution in [1.82, 2.24) is 9.80 Å². The van der Waals surface area contributed by atoms with Gasteiger partial charge in [-0.1, -0.05) is 13.8 Å². The molecule has 2 amide bonds. The fourth-order valence-electron chi connectivity index (χ4n) is 2.84. The number of carbonyl (C=O) groups excluding carboxylic acids is 1. The molecule has 2 unspecified atom stereocenters. The second kappa shape index (κ2) is 5.16. The van der Waals surface area contributed by atoms with E-state index in [0.29, 0.717) is 31.3 Å². The molecule has 3 atom stereocenters. The summed E-state index contributed by atoms with van der Waals surface area (Å²) in [5, 5.41) is 9.04. The zero-order chi connectivity index (χ0) is 13.3. The number of hydrogen-bond donors (Lipinski definition) is 1. The first-order valence-electron chi connectivity index (χ1n) is 6.75. The molecule has 2 heterocycles. The highest BCUT2D eigenvalue weighted by atomic mass is 16.4. The van der Waals surface area contributed by atoms with E-state index in [1.54, 1.807) is 4.90 Å². The van der Waals surface area contributed by atoms with Crippen LogP contribution in [-0.2, 0) is 4.79 Å². The van der Waals surface area contributed by atoms with E-state index in [1.807, 2.05) is 4.90 Å². The molecular formula is C13H22N2O3. The highest BCUT2D eigenvalue weighted by Gasteiger charge is 2.35. The van der Waals surface area contributed by atoms with Crippen LogP contribution >= 0.6 is 0 Å². The minimum atomic E-state index is -0.782. The van der Waals surface area contributed by atoms with E-state index in [1.165, 1.54) is 0 Å². The average Bonchev–Trinajstić information content (AvgIpc) is 2.69. The summed E-state index contributed by atoms with van der Waals surface area (Å²) in [5.74, 6) is -0.0983. The number of carbonyl (C=O) groups is 2. The number of hydrogen-bond acceptors (Lipinski definition) is 2. The first-order chi connectivity index (χ1) is 8.49. The number of urea groups is 1. The zero-order valence-corrected chi connectivity index (χ0v) is 11.1. The molecule has 5 nitrogen and oxygen atoms in total. The molecule has 2 saturated heterocycles. The Bertz CT molecular complexity index is 335. The number of carboxylic acid groups (broad SMARTS) is 1. The maximum atomic E-state index is 12.3. The van der Waals surface area contributed by atoms with Crippen molar-refractivity contribution in [2.45, 2.75) is 26.7 Å². The lowest BCUT2D eigenvalue weighted by Gasteiger charge is -2.33. The molecule has 0 aromatic rings. The van der Waals surface area contributed by atoms with Gasteiger partial charge in [0, 0.05) is 26.2 Å². The number of aliphatic carboxylic acids is 1. The lowest BCUT2D eigenvalue weighted by Crippen LogP contribution is -2.48. The molecule has 2 rings (SSSR count). The molecule has 102 valence electrons. The van der Waals surface area contributed by atoms with Gasteiger partial charge in [0.05, 0.1) is 5.92 Å². The highest BCUT2D eigenvalue weighted by Crippen LogP contribution is 2.25. The molecule has 1 N–H and O–H groups in total. The molecule has 0 bridgehead atoms. The molecule has 0 radical (unpaired) electrons. The molecule has 0 aromatic heterocycles. The molecule has 0 aliphatic carbocycles. The third-order valence-electron chi connectivity index (χ3n) is 4.30. The normalized spacial score (nSPS) is 32.7. The number of likely N-dealkylation sites (tertiary alicyclic amines) is 2. The number of carboxylic acids is 1. The topological polar surface area (TPSA) is 60.9 Å². The number of piperidine rings is 1. The quantitative estimate of drug-likeness (QED) is 0.771. The molecule has 2 aliphatic heterocycles. The minimum Gasteiger partial charge on any atom is -0.481 e. The van der Waals surface area contributed by atoms with Gasteiger partial charge in [0.15, 0.2) is 0 Å². The van der Waals surface area contributed by atoms with Gasteiger partial charge in [0.2, 0.25) is 0 Å². The van der Waals surface area contributed by atoms with Gasteiger partial charge in [-0.05, 0) is 24.7 Å². The summed E-state index contributed by atoms with van der Waals surface area (Å²) in [6.45, 7) is 6.99. The Hall–Kier alpha value is -1.26. The van der Waals surface area contributed by atoms with E-state index in [-0.39, 0.29) is 11.9 Å². The van der Waals surface area contributed by atoms with Crippen molar-refractivity contribution >= 4 is 12.0 Å². The summed E-state index contributed by atoms with van der Waals surface area (Å²) in [7, 11) is 0. The second-order valence-electron chi connectivity index (χ2n) is 5.77. The minimum absolute atomic E-state index is 0.0251. The SMILES string of the molecule is CC1CN(C(=O)N2CCC[C@H](C(=O)O)C2)CC1C. The Morgan fingerprint density at radius 2 is 1.67 bits per heavy atom. The third-order valence-corrected chi connectivity index (χ3v) is 4.30. The number of nitrogens with zero attached hydrogens (tertiary/aromatic N) is 2. The lowest BCUT2D eigenvalue weighted by molar-refractivity contribution is -0.143. The van der Waals surface area contributed by atoms with Gasteiger partial charge in [-0.25, -0.2) is 4.79 Å². The molecule has 5 heteroatoms. The monoisotopic (exact) mass is 254 g/mol. The van der Waals surface area contributed by atoms with Crippen LogP contribution in [0.4, 0.5) is 4.79 Å². The molecule has 0 aromatic carbocycles. The van der Waals surface area contributed by atoms with Crippen molar-refractivity contribution in [3.05, 3.63) is 0 Å². The van der Waals surface area contributed by atoms with Crippen LogP contribution in [-0.4, -0.2) is 53.1 Å². The third kappa shape index (κ3) is 2.60. The predicted molar refractivity (Wildman–Crippen MR) is 67.2 cm³/mol. The maximum absolute atomic E-state index is 12.3. The van der Waals surface area contributed by atoms with Crippen LogP contribution in [0.5, 0.6) is 0 Å². The Labute approximate surface area is 108 Å². The van der Waals surface area contributed by atoms with E-state index >= 15 is 0 Å². The molecular weight excluding hydrogens is 232 g/mol. The van der Waals surface area contributed by atoms with Crippen LogP contribution in [0.1, 0.15) is 26.7 Å². The lowest BCUT2D eigenvalue weighted by atomic mass is 9.99. The van der Waals surface area contributed by atoms with Crippen LogP contribution in [0, 0.1) is 17.8 Å². The number of amides is 2. The molecule has 2 aliphatic rings. The average molecular weight is 254 g/mol. The van der Waals surface area contributed by atoms with Crippen molar-refractivity contribution in [2.24, 2.45) is 17.8 Å². The van der Waals surface area contributed by atoms with Gasteiger partial charge in [-0.2, -0.15) is 0 Å². The Balaban J connectivity index is 1.95. The molecule has 0 saturated carbocycles. The summed E-state index contributed by atoms with van der Waals surface area (Å²) >= 11 is 0. The van der Waals surface area contributed by atoms with E-state index in [4.69, 9.17) is 5.11 Å². The fraction of sp³-hybridized carbons (Fsp3) is 0.846. The van der Waals surface area contributed by atoms with Gasteiger partial charge in [0.25, 0.3) is 0 Å². The van der Waals surface area contributed by atoms with E-state index < -0.39 is 5.97 Å². The summed E-state index contributed by atoms with van der Waals surface area (Å²) in [6, 6.07) is 0.0251. The Morgan fingerprint density at radius 1 is 1.06 bits per heavy atom. The van der Waals surface area contributed by atoms with Crippen molar-refractivity contribution in [2.75, 3.05) is 26.2 Å². The van der Waals surface area contributed by atoms with E-state index in [9.17, 15) is 9.59 Å². The Morgan fingerprint density at radius 3 is 2.22 bits per heavy atom. The van der Waals surface area contributed by atoms with Gasteiger partial charge >= 0.3 is 12.0 Å². The Kier molecular flexibility index (Phi) is 3.78. The van der Waals surface area contributed by atoms with E-state index in [2.05, 4.69) is 13.8 Å². The molecule has 18 heavy (non-hydrogen) atoms. The van der Waals surface area contributed by atoms with Crippen LogP contribution in [0.15, 0.2) is 0 Å². The van der Waals surface area contributed by atoms with Gasteiger partial charge in [-0.3, -0.25) is 4.79 Å². The smallest absolute Gasteiger partial charge is 0.320 e. The van der Waals surface area contributed by atoms with Crippen molar-refractivity contribution in [1.29, 1.82) is 0 Å².